The van der Waals surface area contributed by atoms with E-state index in [0.29, 0.717) is 12.1 Å². The first-order chi connectivity index (χ1) is 9.33. The Labute approximate surface area is 127 Å². The van der Waals surface area contributed by atoms with Gasteiger partial charge in [0.2, 0.25) is 0 Å². The summed E-state index contributed by atoms with van der Waals surface area (Å²) in [4.78, 5) is 0. The summed E-state index contributed by atoms with van der Waals surface area (Å²) in [6.07, 6.45) is 3.46. The number of nitrogens with one attached hydrogen (secondary N) is 1. The van der Waals surface area contributed by atoms with Crippen molar-refractivity contribution >= 4 is 12.4 Å². The molecule has 2 heteroatoms. The van der Waals surface area contributed by atoms with Gasteiger partial charge in [-0.3, -0.25) is 0 Å². The van der Waals surface area contributed by atoms with Crippen molar-refractivity contribution in [1.29, 1.82) is 0 Å². The largest absolute Gasteiger partial charge is 0.307 e. The highest BCUT2D eigenvalue weighted by atomic mass is 35.5. The van der Waals surface area contributed by atoms with Gasteiger partial charge < -0.3 is 5.32 Å². The highest BCUT2D eigenvalue weighted by molar-refractivity contribution is 5.85. The van der Waals surface area contributed by atoms with Gasteiger partial charge in [0.1, 0.15) is 0 Å². The van der Waals surface area contributed by atoms with Crippen molar-refractivity contribution < 1.29 is 0 Å². The third kappa shape index (κ3) is 3.41. The van der Waals surface area contributed by atoms with Crippen molar-refractivity contribution in [1.82, 2.24) is 5.32 Å². The molecule has 0 radical (unpaired) electrons. The topological polar surface area (TPSA) is 12.0 Å². The van der Waals surface area contributed by atoms with Crippen LogP contribution in [-0.2, 0) is 12.8 Å². The van der Waals surface area contributed by atoms with Gasteiger partial charge in [-0.1, -0.05) is 54.6 Å². The van der Waals surface area contributed by atoms with Gasteiger partial charge in [0, 0.05) is 12.1 Å². The number of fused-ring (bicyclic) bond motifs is 1. The van der Waals surface area contributed by atoms with Crippen LogP contribution in [0.3, 0.4) is 0 Å². The zero-order valence-electron chi connectivity index (χ0n) is 11.9. The minimum atomic E-state index is 0. The Morgan fingerprint density at radius 1 is 1.00 bits per heavy atom. The van der Waals surface area contributed by atoms with Gasteiger partial charge in [-0.25, -0.2) is 0 Å². The molecule has 0 spiro atoms. The lowest BCUT2D eigenvalue weighted by Gasteiger charge is -2.31. The molecule has 2 aromatic carbocycles. The van der Waals surface area contributed by atoms with Crippen LogP contribution in [-0.4, -0.2) is 6.04 Å². The number of aryl methyl sites for hydroxylation is 1. The fourth-order valence-electron chi connectivity index (χ4n) is 3.08. The molecule has 1 N–H and O–H groups in total. The second-order valence-electron chi connectivity index (χ2n) is 5.55. The molecule has 2 unspecified atom stereocenters. The van der Waals surface area contributed by atoms with E-state index in [1.54, 1.807) is 0 Å². The molecule has 1 heterocycles. The first kappa shape index (κ1) is 15.1. The molecule has 1 aliphatic rings. The Hall–Kier alpha value is -1.31. The number of hydrogen-bond donors (Lipinski definition) is 1. The summed E-state index contributed by atoms with van der Waals surface area (Å²) in [5.74, 6) is 0. The van der Waals surface area contributed by atoms with Crippen LogP contribution in [0.2, 0.25) is 0 Å². The lowest BCUT2D eigenvalue weighted by Crippen LogP contribution is -2.37. The van der Waals surface area contributed by atoms with Crippen molar-refractivity contribution in [3.8, 4) is 0 Å². The maximum absolute atomic E-state index is 3.74. The average molecular weight is 288 g/mol. The fraction of sp³-hybridized carbons (Fsp3) is 0.333. The van der Waals surface area contributed by atoms with E-state index >= 15 is 0 Å². The molecule has 20 heavy (non-hydrogen) atoms. The van der Waals surface area contributed by atoms with Crippen LogP contribution in [0, 0.1) is 0 Å². The van der Waals surface area contributed by atoms with Gasteiger partial charge >= 0.3 is 0 Å². The van der Waals surface area contributed by atoms with Crippen LogP contribution in [0.1, 0.15) is 36.1 Å². The zero-order valence-corrected chi connectivity index (χ0v) is 12.7. The highest BCUT2D eigenvalue weighted by Crippen LogP contribution is 2.28. The van der Waals surface area contributed by atoms with Crippen LogP contribution < -0.4 is 5.32 Å². The average Bonchev–Trinajstić information content (AvgIpc) is 2.45. The van der Waals surface area contributed by atoms with Crippen LogP contribution >= 0.6 is 12.4 Å². The van der Waals surface area contributed by atoms with Crippen molar-refractivity contribution in [3.63, 3.8) is 0 Å². The molecule has 0 saturated carbocycles. The van der Waals surface area contributed by atoms with E-state index < -0.39 is 0 Å². The first-order valence-corrected chi connectivity index (χ1v) is 7.21. The van der Waals surface area contributed by atoms with Crippen molar-refractivity contribution in [2.24, 2.45) is 0 Å². The molecule has 3 rings (SSSR count). The molecule has 0 aliphatic carbocycles. The van der Waals surface area contributed by atoms with Crippen molar-refractivity contribution in [3.05, 3.63) is 71.3 Å². The third-order valence-corrected chi connectivity index (χ3v) is 4.01. The predicted molar refractivity (Wildman–Crippen MR) is 87.5 cm³/mol. The van der Waals surface area contributed by atoms with Crippen LogP contribution in [0.25, 0.3) is 0 Å². The summed E-state index contributed by atoms with van der Waals surface area (Å²) in [7, 11) is 0. The number of rotatable bonds is 3. The van der Waals surface area contributed by atoms with Gasteiger partial charge in [-0.05, 0) is 42.9 Å². The smallest absolute Gasteiger partial charge is 0.0328 e. The summed E-state index contributed by atoms with van der Waals surface area (Å²) in [6, 6.07) is 20.7. The minimum Gasteiger partial charge on any atom is -0.307 e. The number of benzene rings is 2. The molecular weight excluding hydrogens is 266 g/mol. The highest BCUT2D eigenvalue weighted by Gasteiger charge is 2.22. The summed E-state index contributed by atoms with van der Waals surface area (Å²) < 4.78 is 0. The first-order valence-electron chi connectivity index (χ1n) is 7.21. The van der Waals surface area contributed by atoms with Crippen LogP contribution in [0.5, 0.6) is 0 Å². The molecule has 1 aliphatic heterocycles. The summed E-state index contributed by atoms with van der Waals surface area (Å²) in [6.45, 7) is 2.28. The Kier molecular flexibility index (Phi) is 5.22. The quantitative estimate of drug-likeness (QED) is 0.887. The van der Waals surface area contributed by atoms with Gasteiger partial charge in [0.05, 0.1) is 0 Å². The second-order valence-corrected chi connectivity index (χ2v) is 5.55. The number of halogens is 1. The Morgan fingerprint density at radius 2 is 1.70 bits per heavy atom. The third-order valence-electron chi connectivity index (χ3n) is 4.01. The van der Waals surface area contributed by atoms with Gasteiger partial charge in [-0.2, -0.15) is 0 Å². The van der Waals surface area contributed by atoms with Crippen molar-refractivity contribution in [2.75, 3.05) is 0 Å². The summed E-state index contributed by atoms with van der Waals surface area (Å²) in [5, 5.41) is 3.74. The monoisotopic (exact) mass is 287 g/mol. The van der Waals surface area contributed by atoms with E-state index in [1.165, 1.54) is 23.1 Å². The maximum atomic E-state index is 3.74. The van der Waals surface area contributed by atoms with E-state index in [1.807, 2.05) is 0 Å². The lowest BCUT2D eigenvalue weighted by molar-refractivity contribution is 0.404. The molecule has 0 fully saturated rings. The second kappa shape index (κ2) is 6.92. The maximum Gasteiger partial charge on any atom is 0.0328 e. The molecule has 2 atom stereocenters. The van der Waals surface area contributed by atoms with Crippen LogP contribution in [0.4, 0.5) is 0 Å². The van der Waals surface area contributed by atoms with E-state index in [-0.39, 0.29) is 12.4 Å². The molecular formula is C18H22ClN. The minimum absolute atomic E-state index is 0. The summed E-state index contributed by atoms with van der Waals surface area (Å²) >= 11 is 0. The Bertz CT molecular complexity index is 538. The lowest BCUT2D eigenvalue weighted by atomic mass is 9.88. The number of hydrogen-bond acceptors (Lipinski definition) is 1. The summed E-state index contributed by atoms with van der Waals surface area (Å²) in [5.41, 5.74) is 4.45. The van der Waals surface area contributed by atoms with E-state index in [2.05, 4.69) is 66.8 Å². The van der Waals surface area contributed by atoms with Crippen molar-refractivity contribution in [2.45, 2.75) is 38.3 Å². The van der Waals surface area contributed by atoms with Gasteiger partial charge in [0.25, 0.3) is 0 Å². The zero-order chi connectivity index (χ0) is 13.1. The van der Waals surface area contributed by atoms with Crippen LogP contribution in [0.15, 0.2) is 54.6 Å². The molecule has 0 amide bonds. The molecule has 0 aromatic heterocycles. The Morgan fingerprint density at radius 3 is 2.50 bits per heavy atom. The fourth-order valence-corrected chi connectivity index (χ4v) is 3.08. The van der Waals surface area contributed by atoms with E-state index in [9.17, 15) is 0 Å². The molecule has 106 valence electrons. The van der Waals surface area contributed by atoms with Gasteiger partial charge in [0.15, 0.2) is 0 Å². The molecule has 0 saturated heterocycles. The standard InChI is InChI=1S/C18H21N.ClH/c1-14-13-16-9-5-6-10-17(16)18(19-14)12-11-15-7-3-2-4-8-15;/h2-10,14,18-19H,11-13H2,1H3;1H. The van der Waals surface area contributed by atoms with E-state index in [0.717, 1.165) is 12.8 Å². The SMILES string of the molecule is CC1Cc2ccccc2C(CCc2ccccc2)N1.Cl. The molecule has 2 aromatic rings. The predicted octanol–water partition coefficient (Wildman–Crippen LogP) is 4.32. The Balaban J connectivity index is 0.00000147. The molecule has 1 nitrogen and oxygen atoms in total. The van der Waals surface area contributed by atoms with Gasteiger partial charge in [-0.15, -0.1) is 12.4 Å². The normalized spacial score (nSPS) is 20.9. The van der Waals surface area contributed by atoms with E-state index in [4.69, 9.17) is 0 Å². The molecule has 0 bridgehead atoms.